The molecule has 0 saturated heterocycles. The number of benzene rings is 1. The number of hydrogen-bond donors (Lipinski definition) is 1. The van der Waals surface area contributed by atoms with Crippen LogP contribution in [0.25, 0.3) is 5.69 Å². The number of rotatable bonds is 3. The van der Waals surface area contributed by atoms with Crippen molar-refractivity contribution in [2.75, 3.05) is 0 Å². The third-order valence-electron chi connectivity index (χ3n) is 2.41. The molecule has 0 amide bonds. The number of hydrogen-bond acceptors (Lipinski definition) is 2. The molecule has 88 valence electrons. The largest absolute Gasteiger partial charge is 0.481 e. The Morgan fingerprint density at radius 1 is 1.53 bits per heavy atom. The van der Waals surface area contributed by atoms with Crippen molar-refractivity contribution in [3.63, 3.8) is 0 Å². The van der Waals surface area contributed by atoms with Crippen LogP contribution in [0.5, 0.6) is 0 Å². The highest BCUT2D eigenvalue weighted by Gasteiger charge is 2.05. The molecule has 4 nitrogen and oxygen atoms in total. The first kappa shape index (κ1) is 11.7. The summed E-state index contributed by atoms with van der Waals surface area (Å²) in [4.78, 5) is 10.6. The van der Waals surface area contributed by atoms with Gasteiger partial charge in [-0.3, -0.25) is 4.79 Å². The Balaban J connectivity index is 2.30. The summed E-state index contributed by atoms with van der Waals surface area (Å²) in [5, 5.41) is 13.4. The Morgan fingerprint density at radius 2 is 2.29 bits per heavy atom. The molecule has 1 aromatic heterocycles. The highest BCUT2D eigenvalue weighted by atomic mass is 35.5. The lowest BCUT2D eigenvalue weighted by molar-refractivity contribution is -0.136. The zero-order chi connectivity index (χ0) is 12.4. The van der Waals surface area contributed by atoms with E-state index in [1.807, 2.05) is 19.1 Å². The highest BCUT2D eigenvalue weighted by Crippen LogP contribution is 2.19. The Labute approximate surface area is 103 Å². The molecule has 0 radical (unpaired) electrons. The summed E-state index contributed by atoms with van der Waals surface area (Å²) in [6.45, 7) is 1.92. The van der Waals surface area contributed by atoms with Crippen molar-refractivity contribution < 1.29 is 9.90 Å². The van der Waals surface area contributed by atoms with Gasteiger partial charge in [0.1, 0.15) is 0 Å². The summed E-state index contributed by atoms with van der Waals surface area (Å²) in [5.41, 5.74) is 2.47. The van der Waals surface area contributed by atoms with Gasteiger partial charge in [-0.25, -0.2) is 4.68 Å². The first-order chi connectivity index (χ1) is 8.06. The minimum absolute atomic E-state index is 0.0282. The molecule has 0 aliphatic carbocycles. The quantitative estimate of drug-likeness (QED) is 0.910. The average Bonchev–Trinajstić information content (AvgIpc) is 2.69. The summed E-state index contributed by atoms with van der Waals surface area (Å²) in [6.07, 6.45) is 3.20. The van der Waals surface area contributed by atoms with Crippen LogP contribution in [0.15, 0.2) is 30.6 Å². The molecule has 0 aliphatic heterocycles. The fourth-order valence-electron chi connectivity index (χ4n) is 1.49. The van der Waals surface area contributed by atoms with E-state index in [2.05, 4.69) is 5.10 Å². The molecule has 0 spiro atoms. The van der Waals surface area contributed by atoms with E-state index < -0.39 is 5.97 Å². The second-order valence-electron chi connectivity index (χ2n) is 3.80. The number of aromatic nitrogens is 2. The molecule has 0 saturated carbocycles. The smallest absolute Gasteiger partial charge is 0.307 e. The van der Waals surface area contributed by atoms with Gasteiger partial charge in [0.05, 0.1) is 18.3 Å². The van der Waals surface area contributed by atoms with E-state index in [0.29, 0.717) is 10.6 Å². The molecule has 0 atom stereocenters. The molecular weight excluding hydrogens is 240 g/mol. The summed E-state index contributed by atoms with van der Waals surface area (Å²) in [7, 11) is 0. The number of aryl methyl sites for hydroxylation is 1. The topological polar surface area (TPSA) is 55.1 Å². The first-order valence-electron chi connectivity index (χ1n) is 5.08. The second kappa shape index (κ2) is 4.59. The molecule has 0 unspecified atom stereocenters. The lowest BCUT2D eigenvalue weighted by atomic mass is 10.2. The molecule has 0 fully saturated rings. The van der Waals surface area contributed by atoms with Gasteiger partial charge in [-0.2, -0.15) is 5.10 Å². The molecule has 0 bridgehead atoms. The predicted octanol–water partition coefficient (Wildman–Crippen LogP) is 2.46. The van der Waals surface area contributed by atoms with Gasteiger partial charge < -0.3 is 5.11 Å². The van der Waals surface area contributed by atoms with Gasteiger partial charge in [0.25, 0.3) is 0 Å². The lowest BCUT2D eigenvalue weighted by Gasteiger charge is -2.03. The van der Waals surface area contributed by atoms with Crippen LogP contribution >= 0.6 is 11.6 Å². The maximum atomic E-state index is 10.6. The van der Waals surface area contributed by atoms with Gasteiger partial charge >= 0.3 is 5.97 Å². The van der Waals surface area contributed by atoms with E-state index in [0.717, 1.165) is 11.3 Å². The van der Waals surface area contributed by atoms with Gasteiger partial charge in [-0.1, -0.05) is 17.7 Å². The van der Waals surface area contributed by atoms with E-state index in [9.17, 15) is 4.79 Å². The normalized spacial score (nSPS) is 10.5. The number of aliphatic carboxylic acids is 1. The van der Waals surface area contributed by atoms with Gasteiger partial charge in [0.15, 0.2) is 0 Å². The maximum Gasteiger partial charge on any atom is 0.307 e. The van der Waals surface area contributed by atoms with Crippen LogP contribution in [-0.4, -0.2) is 20.9 Å². The van der Waals surface area contributed by atoms with Crippen molar-refractivity contribution in [2.24, 2.45) is 0 Å². The van der Waals surface area contributed by atoms with Gasteiger partial charge in [0.2, 0.25) is 0 Å². The van der Waals surface area contributed by atoms with E-state index in [4.69, 9.17) is 16.7 Å². The SMILES string of the molecule is Cc1ccc(-n2cc(CC(=O)O)cn2)cc1Cl. The summed E-state index contributed by atoms with van der Waals surface area (Å²) in [6, 6.07) is 5.59. The van der Waals surface area contributed by atoms with Crippen molar-refractivity contribution in [3.8, 4) is 5.69 Å². The van der Waals surface area contributed by atoms with Gasteiger partial charge in [-0.15, -0.1) is 0 Å². The van der Waals surface area contributed by atoms with Crippen molar-refractivity contribution in [1.29, 1.82) is 0 Å². The van der Waals surface area contributed by atoms with E-state index in [1.165, 1.54) is 0 Å². The summed E-state index contributed by atoms with van der Waals surface area (Å²) in [5.74, 6) is -0.869. The zero-order valence-corrected chi connectivity index (χ0v) is 9.98. The summed E-state index contributed by atoms with van der Waals surface area (Å²) < 4.78 is 1.61. The Bertz CT molecular complexity index is 563. The molecule has 1 N–H and O–H groups in total. The van der Waals surface area contributed by atoms with E-state index in [1.54, 1.807) is 23.1 Å². The van der Waals surface area contributed by atoms with Gasteiger partial charge in [0, 0.05) is 16.8 Å². The van der Waals surface area contributed by atoms with Crippen molar-refractivity contribution in [1.82, 2.24) is 9.78 Å². The second-order valence-corrected chi connectivity index (χ2v) is 4.20. The molecule has 5 heteroatoms. The number of carboxylic acids is 1. The zero-order valence-electron chi connectivity index (χ0n) is 9.22. The molecular formula is C12H11ClN2O2. The maximum absolute atomic E-state index is 10.6. The van der Waals surface area contributed by atoms with E-state index in [-0.39, 0.29) is 6.42 Å². The van der Waals surface area contributed by atoms with Crippen LogP contribution in [0, 0.1) is 6.92 Å². The third-order valence-corrected chi connectivity index (χ3v) is 2.82. The predicted molar refractivity (Wildman–Crippen MR) is 64.7 cm³/mol. The molecule has 1 heterocycles. The fraction of sp³-hybridized carbons (Fsp3) is 0.167. The number of carboxylic acid groups (broad SMARTS) is 1. The Morgan fingerprint density at radius 3 is 2.94 bits per heavy atom. The van der Waals surface area contributed by atoms with Crippen LogP contribution in [-0.2, 0) is 11.2 Å². The Hall–Kier alpha value is -1.81. The standard InChI is InChI=1S/C12H11ClN2O2/c1-8-2-3-10(5-11(8)13)15-7-9(6-14-15)4-12(16)17/h2-3,5-7H,4H2,1H3,(H,16,17). The molecule has 1 aromatic carbocycles. The highest BCUT2D eigenvalue weighted by molar-refractivity contribution is 6.31. The van der Waals surface area contributed by atoms with Crippen LogP contribution in [0.1, 0.15) is 11.1 Å². The van der Waals surface area contributed by atoms with Crippen LogP contribution in [0.4, 0.5) is 0 Å². The first-order valence-corrected chi connectivity index (χ1v) is 5.46. The molecule has 2 aromatic rings. The Kier molecular flexibility index (Phi) is 3.15. The fourth-order valence-corrected chi connectivity index (χ4v) is 1.67. The van der Waals surface area contributed by atoms with Crippen molar-refractivity contribution in [3.05, 3.63) is 46.7 Å². The van der Waals surface area contributed by atoms with Crippen LogP contribution < -0.4 is 0 Å². The average molecular weight is 251 g/mol. The van der Waals surface area contributed by atoms with Crippen LogP contribution in [0.2, 0.25) is 5.02 Å². The molecule has 0 aliphatic rings. The third kappa shape index (κ3) is 2.65. The molecule has 2 rings (SSSR count). The van der Waals surface area contributed by atoms with E-state index >= 15 is 0 Å². The van der Waals surface area contributed by atoms with Crippen LogP contribution in [0.3, 0.4) is 0 Å². The van der Waals surface area contributed by atoms with Gasteiger partial charge in [-0.05, 0) is 24.6 Å². The minimum atomic E-state index is -0.869. The number of carbonyl (C=O) groups is 1. The number of halogens is 1. The molecule has 17 heavy (non-hydrogen) atoms. The lowest BCUT2D eigenvalue weighted by Crippen LogP contribution is -1.99. The van der Waals surface area contributed by atoms with Crippen molar-refractivity contribution in [2.45, 2.75) is 13.3 Å². The number of nitrogens with zero attached hydrogens (tertiary/aromatic N) is 2. The monoisotopic (exact) mass is 250 g/mol. The van der Waals surface area contributed by atoms with Crippen molar-refractivity contribution >= 4 is 17.6 Å². The minimum Gasteiger partial charge on any atom is -0.481 e. The summed E-state index contributed by atoms with van der Waals surface area (Å²) >= 11 is 6.02.